The predicted molar refractivity (Wildman–Crippen MR) is 154 cm³/mol. The number of urea groups is 1. The van der Waals surface area contributed by atoms with Crippen LogP contribution in [0.4, 0.5) is 28.4 Å². The normalized spacial score (nSPS) is 13.2. The summed E-state index contributed by atoms with van der Waals surface area (Å²) in [7, 11) is 1.51. The van der Waals surface area contributed by atoms with E-state index in [0.717, 1.165) is 22.9 Å². The zero-order chi connectivity index (χ0) is 31.1. The number of likely N-dealkylation sites (N-methyl/N-ethyl adjacent to an activating group) is 1. The second-order valence-corrected chi connectivity index (χ2v) is 11.2. The fourth-order valence-electron chi connectivity index (χ4n) is 4.63. The van der Waals surface area contributed by atoms with Gasteiger partial charge in [0.15, 0.2) is 0 Å². The molecule has 42 heavy (non-hydrogen) atoms. The van der Waals surface area contributed by atoms with Gasteiger partial charge in [-0.05, 0) is 62.9 Å². The summed E-state index contributed by atoms with van der Waals surface area (Å²) in [5.41, 5.74) is 1.11. The quantitative estimate of drug-likeness (QED) is 0.423. The van der Waals surface area contributed by atoms with Crippen molar-refractivity contribution in [3.05, 3.63) is 64.7 Å². The third-order valence-electron chi connectivity index (χ3n) is 6.76. The summed E-state index contributed by atoms with van der Waals surface area (Å²) < 4.78 is 46.5. The number of carbonyl (C=O) groups excluding carboxylic acids is 3. The lowest BCUT2D eigenvalue weighted by Crippen LogP contribution is -2.43. The maximum Gasteiger partial charge on any atom is 0.416 e. The molecule has 9 nitrogen and oxygen atoms in total. The first kappa shape index (κ1) is 32.6. The van der Waals surface area contributed by atoms with E-state index < -0.39 is 29.3 Å². The van der Waals surface area contributed by atoms with Crippen LogP contribution in [0.25, 0.3) is 0 Å². The molecule has 0 saturated heterocycles. The lowest BCUT2D eigenvalue weighted by Gasteiger charge is -2.31. The molecule has 0 aliphatic carbocycles. The van der Waals surface area contributed by atoms with Crippen molar-refractivity contribution >= 4 is 23.7 Å². The maximum absolute atomic E-state index is 13.7. The summed E-state index contributed by atoms with van der Waals surface area (Å²) in [4.78, 5) is 42.5. The number of nitrogens with one attached hydrogen (secondary N) is 2. The van der Waals surface area contributed by atoms with Gasteiger partial charge in [-0.1, -0.05) is 30.3 Å². The summed E-state index contributed by atoms with van der Waals surface area (Å²) in [6.07, 6.45) is -4.59. The molecule has 230 valence electrons. The highest BCUT2D eigenvalue weighted by atomic mass is 19.4. The van der Waals surface area contributed by atoms with Gasteiger partial charge in [0.1, 0.15) is 5.60 Å². The number of rotatable bonds is 9. The lowest BCUT2D eigenvalue weighted by atomic mass is 9.98. The summed E-state index contributed by atoms with van der Waals surface area (Å²) in [6.45, 7) is 8.13. The minimum Gasteiger partial charge on any atom is -0.444 e. The van der Waals surface area contributed by atoms with Crippen molar-refractivity contribution in [1.82, 2.24) is 20.0 Å². The number of nitrogens with zero attached hydrogens (tertiary/aromatic N) is 3. The average Bonchev–Trinajstić information content (AvgIpc) is 2.92. The van der Waals surface area contributed by atoms with E-state index in [1.807, 2.05) is 25.1 Å². The fraction of sp³-hybridized carbons (Fsp3) is 0.500. The number of amides is 4. The van der Waals surface area contributed by atoms with Gasteiger partial charge in [0.2, 0.25) is 5.91 Å². The van der Waals surface area contributed by atoms with Crippen LogP contribution in [-0.4, -0.2) is 78.1 Å². The molecule has 0 unspecified atom stereocenters. The summed E-state index contributed by atoms with van der Waals surface area (Å²) >= 11 is 0. The highest BCUT2D eigenvalue weighted by molar-refractivity contribution is 5.81. The molecule has 0 bridgehead atoms. The van der Waals surface area contributed by atoms with Crippen LogP contribution >= 0.6 is 0 Å². The van der Waals surface area contributed by atoms with E-state index in [0.29, 0.717) is 26.1 Å². The molecule has 1 aliphatic heterocycles. The minimum atomic E-state index is -4.58. The number of ether oxygens (including phenoxy) is 1. The Labute approximate surface area is 245 Å². The van der Waals surface area contributed by atoms with E-state index in [4.69, 9.17) is 4.74 Å². The molecule has 0 atom stereocenters. The van der Waals surface area contributed by atoms with Crippen molar-refractivity contribution in [3.8, 4) is 0 Å². The SMILES string of the molecule is CCNC(=O)N1CCc2c(cccc2NCC(=O)N(CCN(C)C(=O)OC(C)(C)C)Cc2ccccc2C(F)(F)F)C1. The third kappa shape index (κ3) is 9.02. The Morgan fingerprint density at radius 1 is 1.02 bits per heavy atom. The molecule has 1 heterocycles. The monoisotopic (exact) mass is 591 g/mol. The number of hydrogen-bond donors (Lipinski definition) is 2. The summed E-state index contributed by atoms with van der Waals surface area (Å²) in [6, 6.07) is 10.6. The number of hydrogen-bond acceptors (Lipinski definition) is 5. The van der Waals surface area contributed by atoms with Crippen LogP contribution in [0.2, 0.25) is 0 Å². The third-order valence-corrected chi connectivity index (χ3v) is 6.76. The van der Waals surface area contributed by atoms with Crippen LogP contribution < -0.4 is 10.6 Å². The van der Waals surface area contributed by atoms with E-state index in [2.05, 4.69) is 10.6 Å². The smallest absolute Gasteiger partial charge is 0.416 e. The van der Waals surface area contributed by atoms with Crippen molar-refractivity contribution < 1.29 is 32.3 Å². The van der Waals surface area contributed by atoms with Gasteiger partial charge >= 0.3 is 18.3 Å². The van der Waals surface area contributed by atoms with Crippen LogP contribution in [-0.2, 0) is 35.2 Å². The van der Waals surface area contributed by atoms with Crippen molar-refractivity contribution in [3.63, 3.8) is 0 Å². The Bertz CT molecular complexity index is 1260. The molecule has 2 aromatic carbocycles. The van der Waals surface area contributed by atoms with Crippen LogP contribution in [0.15, 0.2) is 42.5 Å². The Morgan fingerprint density at radius 3 is 2.40 bits per heavy atom. The zero-order valence-electron chi connectivity index (χ0n) is 24.8. The van der Waals surface area contributed by atoms with Gasteiger partial charge in [-0.15, -0.1) is 0 Å². The second-order valence-electron chi connectivity index (χ2n) is 11.2. The van der Waals surface area contributed by atoms with Gasteiger partial charge in [-0.3, -0.25) is 4.79 Å². The Hall–Kier alpha value is -3.96. The summed E-state index contributed by atoms with van der Waals surface area (Å²) in [5.74, 6) is -0.429. The van der Waals surface area contributed by atoms with Gasteiger partial charge in [0, 0.05) is 52.0 Å². The first-order chi connectivity index (χ1) is 19.7. The Morgan fingerprint density at radius 2 is 1.74 bits per heavy atom. The van der Waals surface area contributed by atoms with Gasteiger partial charge in [0.25, 0.3) is 0 Å². The molecule has 3 rings (SSSR count). The molecule has 2 aromatic rings. The van der Waals surface area contributed by atoms with E-state index in [-0.39, 0.29) is 37.8 Å². The standard InChI is InChI=1S/C30H40F3N5O4/c1-6-34-27(40)38-15-14-23-21(19-38)11-9-13-25(23)35-18-26(39)37(17-16-36(5)28(41)42-29(2,3)4)20-22-10-7-8-12-24(22)30(31,32)33/h7-13,35H,6,14-20H2,1-5H3,(H,34,40). The van der Waals surface area contributed by atoms with Crippen molar-refractivity contribution in [2.24, 2.45) is 0 Å². The molecular weight excluding hydrogens is 551 g/mol. The van der Waals surface area contributed by atoms with Crippen molar-refractivity contribution in [1.29, 1.82) is 0 Å². The number of carbonyl (C=O) groups is 3. The summed E-state index contributed by atoms with van der Waals surface area (Å²) in [5, 5.41) is 5.96. The minimum absolute atomic E-state index is 0.00313. The first-order valence-corrected chi connectivity index (χ1v) is 13.9. The molecule has 0 aromatic heterocycles. The molecule has 0 fully saturated rings. The van der Waals surface area contributed by atoms with Gasteiger partial charge in [-0.2, -0.15) is 13.2 Å². The molecule has 0 radical (unpaired) electrons. The number of alkyl halides is 3. The number of fused-ring (bicyclic) bond motifs is 1. The topological polar surface area (TPSA) is 94.2 Å². The van der Waals surface area contributed by atoms with E-state index in [1.165, 1.54) is 35.0 Å². The van der Waals surface area contributed by atoms with Gasteiger partial charge < -0.3 is 30.1 Å². The molecule has 1 aliphatic rings. The highest BCUT2D eigenvalue weighted by Gasteiger charge is 2.34. The van der Waals surface area contributed by atoms with Crippen molar-refractivity contribution in [2.75, 3.05) is 45.1 Å². The Balaban J connectivity index is 1.76. The molecule has 2 N–H and O–H groups in total. The van der Waals surface area contributed by atoms with Gasteiger partial charge in [-0.25, -0.2) is 9.59 Å². The molecular formula is C30H40F3N5O4. The largest absolute Gasteiger partial charge is 0.444 e. The molecule has 4 amide bonds. The first-order valence-electron chi connectivity index (χ1n) is 13.9. The van der Waals surface area contributed by atoms with E-state index >= 15 is 0 Å². The second kappa shape index (κ2) is 13.8. The molecule has 12 heteroatoms. The molecule has 0 saturated carbocycles. The number of halogens is 3. The van der Waals surface area contributed by atoms with Crippen LogP contribution in [0.1, 0.15) is 49.9 Å². The average molecular weight is 592 g/mol. The van der Waals surface area contributed by atoms with Crippen molar-refractivity contribution in [2.45, 2.75) is 59.0 Å². The van der Waals surface area contributed by atoms with Crippen LogP contribution in [0.3, 0.4) is 0 Å². The lowest BCUT2D eigenvalue weighted by molar-refractivity contribution is -0.139. The molecule has 0 spiro atoms. The number of anilines is 1. The fourth-order valence-corrected chi connectivity index (χ4v) is 4.63. The van der Waals surface area contributed by atoms with Crippen LogP contribution in [0, 0.1) is 0 Å². The van der Waals surface area contributed by atoms with Crippen LogP contribution in [0.5, 0.6) is 0 Å². The van der Waals surface area contributed by atoms with E-state index in [1.54, 1.807) is 25.7 Å². The number of benzene rings is 2. The van der Waals surface area contributed by atoms with E-state index in [9.17, 15) is 27.6 Å². The highest BCUT2D eigenvalue weighted by Crippen LogP contribution is 2.32. The maximum atomic E-state index is 13.7. The predicted octanol–water partition coefficient (Wildman–Crippen LogP) is 5.10. The van der Waals surface area contributed by atoms with Gasteiger partial charge in [0.05, 0.1) is 12.1 Å². The Kier molecular flexibility index (Phi) is 10.7. The zero-order valence-corrected chi connectivity index (χ0v) is 24.8.